The quantitative estimate of drug-likeness (QED) is 0.398. The van der Waals surface area contributed by atoms with Gasteiger partial charge in [-0.2, -0.15) is 0 Å². The Kier molecular flexibility index (Phi) is 7.11. The van der Waals surface area contributed by atoms with Crippen LogP contribution in [0.2, 0.25) is 0 Å². The fourth-order valence-corrected chi connectivity index (χ4v) is 2.87. The van der Waals surface area contributed by atoms with Crippen molar-refractivity contribution in [1.29, 1.82) is 0 Å². The summed E-state index contributed by atoms with van der Waals surface area (Å²) in [6, 6.07) is 10.7. The fraction of sp³-hybridized carbons (Fsp3) is 0.391. The number of hydrogen-bond donors (Lipinski definition) is 1. The molecule has 1 N–H and O–H groups in total. The first-order chi connectivity index (χ1) is 11.5. The van der Waals surface area contributed by atoms with Gasteiger partial charge in [-0.25, -0.2) is 0 Å². The molecule has 1 unspecified atom stereocenters. The highest BCUT2D eigenvalue weighted by atomic mass is 14.7. The van der Waals surface area contributed by atoms with Crippen molar-refractivity contribution in [1.82, 2.24) is 4.98 Å². The molecule has 1 aromatic carbocycles. The van der Waals surface area contributed by atoms with Crippen molar-refractivity contribution in [3.05, 3.63) is 71.5 Å². The highest BCUT2D eigenvalue weighted by Crippen LogP contribution is 2.17. The van der Waals surface area contributed by atoms with Crippen molar-refractivity contribution in [2.24, 2.45) is 5.92 Å². The van der Waals surface area contributed by atoms with Gasteiger partial charge in [0, 0.05) is 17.6 Å². The Labute approximate surface area is 147 Å². The van der Waals surface area contributed by atoms with E-state index < -0.39 is 0 Å². The summed E-state index contributed by atoms with van der Waals surface area (Å²) >= 11 is 0. The number of aromatic nitrogens is 1. The molecule has 0 spiro atoms. The first-order valence-electron chi connectivity index (χ1n) is 9.08. The van der Waals surface area contributed by atoms with Gasteiger partial charge in [-0.3, -0.25) is 0 Å². The second kappa shape index (κ2) is 9.32. The predicted octanol–water partition coefficient (Wildman–Crippen LogP) is 6.99. The van der Waals surface area contributed by atoms with Gasteiger partial charge in [0.15, 0.2) is 0 Å². The summed E-state index contributed by atoms with van der Waals surface area (Å²) < 4.78 is 0. The number of aromatic amines is 1. The van der Waals surface area contributed by atoms with Crippen LogP contribution in [0.25, 0.3) is 10.9 Å². The van der Waals surface area contributed by atoms with E-state index in [1.54, 1.807) is 0 Å². The first-order valence-corrected chi connectivity index (χ1v) is 9.08. The van der Waals surface area contributed by atoms with Crippen molar-refractivity contribution in [2.75, 3.05) is 0 Å². The molecule has 1 heterocycles. The van der Waals surface area contributed by atoms with Gasteiger partial charge in [-0.1, -0.05) is 60.6 Å². The van der Waals surface area contributed by atoms with Crippen LogP contribution in [-0.2, 0) is 6.42 Å². The molecule has 1 atom stereocenters. The van der Waals surface area contributed by atoms with Crippen LogP contribution in [-0.4, -0.2) is 4.98 Å². The van der Waals surface area contributed by atoms with Gasteiger partial charge in [0.2, 0.25) is 0 Å². The van der Waals surface area contributed by atoms with Gasteiger partial charge in [-0.15, -0.1) is 0 Å². The van der Waals surface area contributed by atoms with E-state index in [2.05, 4.69) is 87.3 Å². The van der Waals surface area contributed by atoms with E-state index in [9.17, 15) is 0 Å². The third kappa shape index (κ3) is 6.23. The first kappa shape index (κ1) is 18.3. The van der Waals surface area contributed by atoms with Gasteiger partial charge < -0.3 is 4.98 Å². The van der Waals surface area contributed by atoms with Crippen molar-refractivity contribution in [2.45, 2.75) is 53.4 Å². The summed E-state index contributed by atoms with van der Waals surface area (Å²) in [4.78, 5) is 3.50. The summed E-state index contributed by atoms with van der Waals surface area (Å²) in [5, 5.41) is 1.30. The second-order valence-corrected chi connectivity index (χ2v) is 7.13. The van der Waals surface area contributed by atoms with Crippen molar-refractivity contribution in [3.8, 4) is 0 Å². The number of benzene rings is 1. The lowest BCUT2D eigenvalue weighted by atomic mass is 10.0. The summed E-state index contributed by atoms with van der Waals surface area (Å²) in [5.74, 6) is 0.655. The van der Waals surface area contributed by atoms with Crippen LogP contribution in [0.4, 0.5) is 0 Å². The third-order valence-corrected chi connectivity index (χ3v) is 4.36. The number of rotatable bonds is 8. The number of H-pyrrole nitrogens is 1. The number of allylic oxidation sites excluding steroid dienone is 6. The summed E-state index contributed by atoms with van der Waals surface area (Å²) in [7, 11) is 0. The topological polar surface area (TPSA) is 15.8 Å². The van der Waals surface area contributed by atoms with Gasteiger partial charge in [-0.05, 0) is 63.5 Å². The standard InChI is InChI=1S/C23H31N/c1-18(2)9-7-10-19(3)11-8-12-20(4)15-16-22-17-21-13-5-6-14-23(21)24-22/h5-7,9-10,13-15,17,19,24H,8,11-12,16H2,1-4H3. The molecule has 24 heavy (non-hydrogen) atoms. The summed E-state index contributed by atoms with van der Waals surface area (Å²) in [5.41, 5.74) is 5.38. The molecule has 0 fully saturated rings. The average molecular weight is 322 g/mol. The van der Waals surface area contributed by atoms with Gasteiger partial charge in [0.1, 0.15) is 0 Å². The van der Waals surface area contributed by atoms with Crippen LogP contribution in [0, 0.1) is 5.92 Å². The van der Waals surface area contributed by atoms with E-state index in [0.717, 1.165) is 6.42 Å². The molecule has 2 aromatic rings. The Hall–Kier alpha value is -2.02. The van der Waals surface area contributed by atoms with E-state index >= 15 is 0 Å². The van der Waals surface area contributed by atoms with Crippen LogP contribution < -0.4 is 0 Å². The molecule has 0 bridgehead atoms. The van der Waals surface area contributed by atoms with Crippen LogP contribution in [0.5, 0.6) is 0 Å². The highest BCUT2D eigenvalue weighted by molar-refractivity contribution is 5.80. The molecular weight excluding hydrogens is 290 g/mol. The molecule has 0 radical (unpaired) electrons. The van der Waals surface area contributed by atoms with Crippen LogP contribution in [0.3, 0.4) is 0 Å². The predicted molar refractivity (Wildman–Crippen MR) is 107 cm³/mol. The Morgan fingerprint density at radius 1 is 1.17 bits per heavy atom. The molecule has 0 amide bonds. The zero-order valence-corrected chi connectivity index (χ0v) is 15.6. The minimum atomic E-state index is 0.655. The zero-order valence-electron chi connectivity index (χ0n) is 15.6. The molecule has 0 saturated carbocycles. The van der Waals surface area contributed by atoms with Crippen molar-refractivity contribution < 1.29 is 0 Å². The van der Waals surface area contributed by atoms with Gasteiger partial charge in [0.05, 0.1) is 0 Å². The number of para-hydroxylation sites is 1. The van der Waals surface area contributed by atoms with E-state index in [1.165, 1.54) is 47.0 Å². The summed E-state index contributed by atoms with van der Waals surface area (Å²) in [6.45, 7) is 8.83. The Morgan fingerprint density at radius 2 is 1.96 bits per heavy atom. The number of nitrogens with one attached hydrogen (secondary N) is 1. The summed E-state index contributed by atoms with van der Waals surface area (Å²) in [6.07, 6.45) is 13.8. The van der Waals surface area contributed by atoms with Crippen LogP contribution in [0.15, 0.2) is 65.8 Å². The molecule has 0 saturated heterocycles. The highest BCUT2D eigenvalue weighted by Gasteiger charge is 2.00. The smallest absolute Gasteiger partial charge is 0.0456 e. The zero-order chi connectivity index (χ0) is 17.4. The molecule has 2 rings (SSSR count). The molecule has 1 heteroatoms. The molecule has 0 aliphatic carbocycles. The fourth-order valence-electron chi connectivity index (χ4n) is 2.87. The van der Waals surface area contributed by atoms with Crippen molar-refractivity contribution in [3.63, 3.8) is 0 Å². The van der Waals surface area contributed by atoms with Gasteiger partial charge >= 0.3 is 0 Å². The maximum Gasteiger partial charge on any atom is 0.0456 e. The second-order valence-electron chi connectivity index (χ2n) is 7.13. The average Bonchev–Trinajstić information content (AvgIpc) is 2.95. The van der Waals surface area contributed by atoms with E-state index in [4.69, 9.17) is 0 Å². The lowest BCUT2D eigenvalue weighted by Crippen LogP contribution is -1.90. The Bertz CT molecular complexity index is 690. The normalized spacial score (nSPS) is 13.6. The molecular formula is C23H31N. The maximum absolute atomic E-state index is 3.50. The SMILES string of the molecule is CC(C)=CC=CC(C)CCCC(C)=CCc1cc2ccccc2[nH]1. The third-order valence-electron chi connectivity index (χ3n) is 4.36. The molecule has 0 aliphatic heterocycles. The largest absolute Gasteiger partial charge is 0.358 e. The lowest BCUT2D eigenvalue weighted by Gasteiger charge is -2.06. The molecule has 1 nitrogen and oxygen atoms in total. The minimum absolute atomic E-state index is 0.655. The number of fused-ring (bicyclic) bond motifs is 1. The van der Waals surface area contributed by atoms with E-state index in [1.807, 2.05) is 0 Å². The Balaban J connectivity index is 1.75. The lowest BCUT2D eigenvalue weighted by molar-refractivity contribution is 0.604. The number of hydrogen-bond acceptors (Lipinski definition) is 0. The van der Waals surface area contributed by atoms with E-state index in [0.29, 0.717) is 5.92 Å². The van der Waals surface area contributed by atoms with E-state index in [-0.39, 0.29) is 0 Å². The monoisotopic (exact) mass is 321 g/mol. The Morgan fingerprint density at radius 3 is 2.71 bits per heavy atom. The molecule has 128 valence electrons. The minimum Gasteiger partial charge on any atom is -0.358 e. The maximum atomic E-state index is 3.50. The van der Waals surface area contributed by atoms with Crippen LogP contribution >= 0.6 is 0 Å². The van der Waals surface area contributed by atoms with Gasteiger partial charge in [0.25, 0.3) is 0 Å². The molecule has 0 aliphatic rings. The van der Waals surface area contributed by atoms with Crippen molar-refractivity contribution >= 4 is 10.9 Å². The molecule has 1 aromatic heterocycles. The van der Waals surface area contributed by atoms with Crippen LogP contribution in [0.1, 0.15) is 52.7 Å².